The molecule has 0 aliphatic carbocycles. The van der Waals surface area contributed by atoms with E-state index < -0.39 is 0 Å². The second-order valence-corrected chi connectivity index (χ2v) is 5.75. The van der Waals surface area contributed by atoms with Crippen LogP contribution in [0.25, 0.3) is 0 Å². The maximum absolute atomic E-state index is 13.1. The Morgan fingerprint density at radius 2 is 2.00 bits per heavy atom. The molecule has 1 unspecified atom stereocenters. The van der Waals surface area contributed by atoms with Crippen LogP contribution in [0.5, 0.6) is 0 Å². The lowest BCUT2D eigenvalue weighted by Crippen LogP contribution is -2.18. The van der Waals surface area contributed by atoms with Crippen LogP contribution in [0.3, 0.4) is 0 Å². The maximum atomic E-state index is 13.1. The van der Waals surface area contributed by atoms with Crippen molar-refractivity contribution in [3.8, 4) is 0 Å². The maximum Gasteiger partial charge on any atom is 0.123 e. The monoisotopic (exact) mass is 321 g/mol. The summed E-state index contributed by atoms with van der Waals surface area (Å²) in [5.41, 5.74) is 3.32. The molecule has 19 heavy (non-hydrogen) atoms. The smallest absolute Gasteiger partial charge is 0.123 e. The molecule has 0 bridgehead atoms. The van der Waals surface area contributed by atoms with Gasteiger partial charge in [0.1, 0.15) is 5.82 Å². The highest BCUT2D eigenvalue weighted by Gasteiger charge is 2.06. The Hall–Kier alpha value is -1.35. The molecule has 0 aliphatic rings. The third-order valence-electron chi connectivity index (χ3n) is 3.03. The van der Waals surface area contributed by atoms with Crippen molar-refractivity contribution in [2.75, 3.05) is 5.32 Å². The summed E-state index contributed by atoms with van der Waals surface area (Å²) < 4.78 is 14.2. The third-order valence-corrected chi connectivity index (χ3v) is 3.53. The number of aryl methyl sites for hydroxylation is 1. The van der Waals surface area contributed by atoms with Crippen LogP contribution in [0.1, 0.15) is 18.1 Å². The van der Waals surface area contributed by atoms with Gasteiger partial charge in [-0.25, -0.2) is 4.39 Å². The molecule has 0 aliphatic heterocycles. The second-order valence-electron chi connectivity index (χ2n) is 4.84. The highest BCUT2D eigenvalue weighted by atomic mass is 79.9. The van der Waals surface area contributed by atoms with E-state index in [-0.39, 0.29) is 11.9 Å². The van der Waals surface area contributed by atoms with Crippen LogP contribution in [-0.4, -0.2) is 6.04 Å². The van der Waals surface area contributed by atoms with Crippen LogP contribution in [0, 0.1) is 12.7 Å². The standard InChI is InChI=1S/C16H17BrFN/c1-11-6-7-14(17)10-16(11)19-12(2)8-13-4-3-5-15(18)9-13/h3-7,9-10,12,19H,8H2,1-2H3. The van der Waals surface area contributed by atoms with Crippen molar-refractivity contribution in [1.82, 2.24) is 0 Å². The van der Waals surface area contributed by atoms with Crippen molar-refractivity contribution in [2.45, 2.75) is 26.3 Å². The molecular weight excluding hydrogens is 305 g/mol. The van der Waals surface area contributed by atoms with Gasteiger partial charge in [0, 0.05) is 16.2 Å². The van der Waals surface area contributed by atoms with Crippen molar-refractivity contribution in [2.24, 2.45) is 0 Å². The van der Waals surface area contributed by atoms with E-state index in [0.29, 0.717) is 0 Å². The fourth-order valence-electron chi connectivity index (χ4n) is 2.08. The van der Waals surface area contributed by atoms with Crippen LogP contribution in [0.4, 0.5) is 10.1 Å². The zero-order valence-electron chi connectivity index (χ0n) is 11.1. The molecule has 0 saturated heterocycles. The number of anilines is 1. The number of benzene rings is 2. The molecule has 2 aromatic rings. The fraction of sp³-hybridized carbons (Fsp3) is 0.250. The predicted octanol–water partition coefficient (Wildman–Crippen LogP) is 4.94. The predicted molar refractivity (Wildman–Crippen MR) is 82.1 cm³/mol. The first-order chi connectivity index (χ1) is 9.04. The molecule has 1 atom stereocenters. The first-order valence-electron chi connectivity index (χ1n) is 6.32. The van der Waals surface area contributed by atoms with Crippen molar-refractivity contribution >= 4 is 21.6 Å². The van der Waals surface area contributed by atoms with Gasteiger partial charge >= 0.3 is 0 Å². The summed E-state index contributed by atoms with van der Waals surface area (Å²) in [6, 6.07) is 13.2. The van der Waals surface area contributed by atoms with Crippen molar-refractivity contribution in [3.63, 3.8) is 0 Å². The van der Waals surface area contributed by atoms with Gasteiger partial charge in [0.05, 0.1) is 0 Å². The van der Waals surface area contributed by atoms with E-state index in [2.05, 4.69) is 47.2 Å². The molecule has 3 heteroatoms. The van der Waals surface area contributed by atoms with Crippen LogP contribution >= 0.6 is 15.9 Å². The lowest BCUT2D eigenvalue weighted by atomic mass is 10.1. The first kappa shape index (κ1) is 14.1. The molecule has 0 fully saturated rings. The van der Waals surface area contributed by atoms with E-state index >= 15 is 0 Å². The van der Waals surface area contributed by atoms with E-state index in [1.165, 1.54) is 11.6 Å². The average Bonchev–Trinajstić information content (AvgIpc) is 2.34. The largest absolute Gasteiger partial charge is 0.382 e. The van der Waals surface area contributed by atoms with E-state index in [9.17, 15) is 4.39 Å². The number of rotatable bonds is 4. The Labute approximate surface area is 122 Å². The molecular formula is C16H17BrFN. The second kappa shape index (κ2) is 6.20. The summed E-state index contributed by atoms with van der Waals surface area (Å²) in [7, 11) is 0. The number of nitrogens with one attached hydrogen (secondary N) is 1. The molecule has 1 nitrogen and oxygen atoms in total. The van der Waals surface area contributed by atoms with E-state index in [0.717, 1.165) is 22.1 Å². The Morgan fingerprint density at radius 3 is 2.74 bits per heavy atom. The fourth-order valence-corrected chi connectivity index (χ4v) is 2.44. The third kappa shape index (κ3) is 4.06. The molecule has 1 N–H and O–H groups in total. The molecule has 2 rings (SSSR count). The topological polar surface area (TPSA) is 12.0 Å². The number of hydrogen-bond donors (Lipinski definition) is 1. The minimum absolute atomic E-state index is 0.177. The van der Waals surface area contributed by atoms with Crippen LogP contribution in [-0.2, 0) is 6.42 Å². The summed E-state index contributed by atoms with van der Waals surface area (Å²) in [4.78, 5) is 0. The Bertz CT molecular complexity index is 568. The lowest BCUT2D eigenvalue weighted by molar-refractivity contribution is 0.624. The minimum atomic E-state index is -0.177. The zero-order valence-corrected chi connectivity index (χ0v) is 12.7. The SMILES string of the molecule is Cc1ccc(Br)cc1NC(C)Cc1cccc(F)c1. The Kier molecular flexibility index (Phi) is 4.59. The summed E-state index contributed by atoms with van der Waals surface area (Å²) in [5, 5.41) is 3.47. The average molecular weight is 322 g/mol. The van der Waals surface area contributed by atoms with E-state index in [4.69, 9.17) is 0 Å². The molecule has 0 aromatic heterocycles. The molecule has 100 valence electrons. The summed E-state index contributed by atoms with van der Waals surface area (Å²) >= 11 is 3.47. The van der Waals surface area contributed by atoms with Gasteiger partial charge in [-0.05, 0) is 55.7 Å². The Morgan fingerprint density at radius 1 is 1.21 bits per heavy atom. The highest BCUT2D eigenvalue weighted by molar-refractivity contribution is 9.10. The lowest BCUT2D eigenvalue weighted by Gasteiger charge is -2.17. The van der Waals surface area contributed by atoms with Gasteiger partial charge in [0.25, 0.3) is 0 Å². The van der Waals surface area contributed by atoms with Gasteiger partial charge in [-0.3, -0.25) is 0 Å². The van der Waals surface area contributed by atoms with Gasteiger partial charge < -0.3 is 5.32 Å². The molecule has 2 aromatic carbocycles. The van der Waals surface area contributed by atoms with Crippen LogP contribution < -0.4 is 5.32 Å². The van der Waals surface area contributed by atoms with E-state index in [1.54, 1.807) is 12.1 Å². The zero-order chi connectivity index (χ0) is 13.8. The van der Waals surface area contributed by atoms with Gasteiger partial charge in [0.2, 0.25) is 0 Å². The molecule has 0 radical (unpaired) electrons. The van der Waals surface area contributed by atoms with Crippen molar-refractivity contribution in [3.05, 3.63) is 63.9 Å². The molecule has 0 amide bonds. The summed E-state index contributed by atoms with van der Waals surface area (Å²) in [5.74, 6) is -0.177. The Balaban J connectivity index is 2.05. The molecule has 0 heterocycles. The van der Waals surface area contributed by atoms with Gasteiger partial charge in [-0.2, -0.15) is 0 Å². The van der Waals surface area contributed by atoms with E-state index in [1.807, 2.05) is 12.1 Å². The van der Waals surface area contributed by atoms with Crippen LogP contribution in [0.15, 0.2) is 46.9 Å². The first-order valence-corrected chi connectivity index (χ1v) is 7.11. The summed E-state index contributed by atoms with van der Waals surface area (Å²) in [6.07, 6.45) is 0.795. The highest BCUT2D eigenvalue weighted by Crippen LogP contribution is 2.22. The van der Waals surface area contributed by atoms with Crippen molar-refractivity contribution < 1.29 is 4.39 Å². The van der Waals surface area contributed by atoms with Gasteiger partial charge in [-0.1, -0.05) is 34.1 Å². The van der Waals surface area contributed by atoms with Gasteiger partial charge in [-0.15, -0.1) is 0 Å². The van der Waals surface area contributed by atoms with Crippen LogP contribution in [0.2, 0.25) is 0 Å². The molecule has 0 spiro atoms. The normalized spacial score (nSPS) is 12.2. The molecule has 0 saturated carbocycles. The number of hydrogen-bond acceptors (Lipinski definition) is 1. The minimum Gasteiger partial charge on any atom is -0.382 e. The van der Waals surface area contributed by atoms with Crippen molar-refractivity contribution in [1.29, 1.82) is 0 Å². The quantitative estimate of drug-likeness (QED) is 0.841. The number of halogens is 2. The van der Waals surface area contributed by atoms with Gasteiger partial charge in [0.15, 0.2) is 0 Å². The summed E-state index contributed by atoms with van der Waals surface area (Å²) in [6.45, 7) is 4.18.